The number of carbonyl (C=O) groups excluding carboxylic acids is 1. The molecule has 1 heterocycles. The monoisotopic (exact) mass is 1020 g/mol. The molecule has 0 aliphatic rings. The highest BCUT2D eigenvalue weighted by atomic mass is 127. The Balaban J connectivity index is 1.67. The molecule has 0 amide bonds. The molecule has 1 aromatic heterocycles. The zero-order chi connectivity index (χ0) is 47.2. The van der Waals surface area contributed by atoms with Crippen LogP contribution in [0.25, 0.3) is 0 Å². The molecule has 0 aliphatic carbocycles. The van der Waals surface area contributed by atoms with Gasteiger partial charge in [0, 0.05) is 58.5 Å². The normalized spacial score (nSPS) is 16.7. The number of ether oxygens (including phenoxy) is 3. The van der Waals surface area contributed by atoms with E-state index in [1.165, 1.54) is 10.4 Å². The lowest BCUT2D eigenvalue weighted by Crippen LogP contribution is -2.66. The Morgan fingerprint density at radius 1 is 0.841 bits per heavy atom. The SMILES string of the molecule is CO[C@@H](C/C=C/I)c1coc(C[C@H](O[Si](C)(C)C(C)(C)C)C(C)(C)[C@@H](O)C[C@H](OC)[C@@H](C)CCC(=O)[C@H](C)[C@@H](CCCO[Si](c2ccccc2)(c2ccccc2)C(C)(C)C)OC)n1. The summed E-state index contributed by atoms with van der Waals surface area (Å²) < 4.78 is 40.0. The van der Waals surface area contributed by atoms with Crippen molar-refractivity contribution >= 4 is 55.4 Å². The van der Waals surface area contributed by atoms with Crippen LogP contribution in [0.15, 0.2) is 81.5 Å². The number of Topliss-reactive ketones (excluding diaryl/α,β-unsaturated/α-hetero) is 1. The number of hydrogen-bond donors (Lipinski definition) is 1. The zero-order valence-corrected chi connectivity index (χ0v) is 45.5. The highest BCUT2D eigenvalue weighted by Gasteiger charge is 2.50. The van der Waals surface area contributed by atoms with E-state index in [9.17, 15) is 9.90 Å². The quantitative estimate of drug-likeness (QED) is 0.0453. The van der Waals surface area contributed by atoms with Crippen LogP contribution in [-0.4, -0.2) is 84.9 Å². The summed E-state index contributed by atoms with van der Waals surface area (Å²) in [6.07, 6.45) is 5.87. The van der Waals surface area contributed by atoms with Crippen LogP contribution in [0.2, 0.25) is 23.2 Å². The minimum absolute atomic E-state index is 0.0223. The molecule has 0 saturated carbocycles. The van der Waals surface area contributed by atoms with E-state index in [2.05, 4.69) is 159 Å². The first-order valence-electron chi connectivity index (χ1n) is 22.9. The summed E-state index contributed by atoms with van der Waals surface area (Å²) in [5.74, 6) is 0.479. The van der Waals surface area contributed by atoms with E-state index in [1.54, 1.807) is 27.6 Å². The average molecular weight is 1020 g/mol. The number of methoxy groups -OCH3 is 3. The average Bonchev–Trinajstić information content (AvgIpc) is 3.70. The van der Waals surface area contributed by atoms with Crippen LogP contribution in [0.3, 0.4) is 0 Å². The Kier molecular flexibility index (Phi) is 21.7. The van der Waals surface area contributed by atoms with Crippen molar-refractivity contribution < 1.29 is 37.4 Å². The van der Waals surface area contributed by atoms with E-state index in [0.717, 1.165) is 18.5 Å². The first-order chi connectivity index (χ1) is 29.5. The molecule has 12 heteroatoms. The topological polar surface area (TPSA) is 109 Å². The van der Waals surface area contributed by atoms with Crippen LogP contribution in [0.5, 0.6) is 0 Å². The lowest BCUT2D eigenvalue weighted by Gasteiger charge is -2.46. The van der Waals surface area contributed by atoms with Crippen molar-refractivity contribution in [1.82, 2.24) is 4.98 Å². The van der Waals surface area contributed by atoms with E-state index < -0.39 is 28.2 Å². The number of carbonyl (C=O) groups is 1. The molecule has 3 rings (SSSR count). The molecule has 2 aromatic carbocycles. The summed E-state index contributed by atoms with van der Waals surface area (Å²) in [6, 6.07) is 21.4. The summed E-state index contributed by atoms with van der Waals surface area (Å²) in [6.45, 7) is 26.8. The summed E-state index contributed by atoms with van der Waals surface area (Å²) >= 11 is 2.20. The standard InChI is InChI=1S/C51H82INO8Si2/c1-37(30-31-42(54)38(2)43(56-11)29-23-33-60-63(50(6,7)8,39-24-18-16-19-25-39)40-26-20-17-21-27-40)45(58-13)34-46(55)51(9,10)47(61-62(14,15)49(3,4)5)35-48-53-41(36-59-48)44(57-12)28-22-32-52/h16-22,24-27,32,36-38,43-47,55H,23,28-31,33-35H2,1-15H3/b32-22+/t37-,38-,43+,44-,45-,46-,47-/m0/s1. The van der Waals surface area contributed by atoms with Crippen LogP contribution in [0, 0.1) is 17.3 Å². The molecule has 0 spiro atoms. The molecule has 0 unspecified atom stereocenters. The fourth-order valence-electron chi connectivity index (χ4n) is 8.36. The van der Waals surface area contributed by atoms with Crippen LogP contribution in [0.4, 0.5) is 0 Å². The second-order valence-electron chi connectivity index (χ2n) is 20.6. The number of halogens is 1. The number of aliphatic hydroxyl groups excluding tert-OH is 1. The fourth-order valence-corrected chi connectivity index (χ4v) is 14.7. The van der Waals surface area contributed by atoms with Gasteiger partial charge < -0.3 is 32.6 Å². The third-order valence-corrected chi connectivity index (χ3v) is 23.9. The molecule has 3 aromatic rings. The van der Waals surface area contributed by atoms with E-state index in [-0.39, 0.29) is 52.1 Å². The van der Waals surface area contributed by atoms with Crippen LogP contribution < -0.4 is 10.4 Å². The molecule has 1 N–H and O–H groups in total. The third-order valence-electron chi connectivity index (χ3n) is 13.9. The second kappa shape index (κ2) is 24.7. The van der Waals surface area contributed by atoms with Gasteiger partial charge in [-0.1, -0.05) is 159 Å². The maximum Gasteiger partial charge on any atom is 0.261 e. The number of nitrogens with zero attached hydrogens (tertiary/aromatic N) is 1. The molecule has 0 saturated heterocycles. The van der Waals surface area contributed by atoms with E-state index in [4.69, 9.17) is 32.5 Å². The highest BCUT2D eigenvalue weighted by molar-refractivity contribution is 14.1. The minimum atomic E-state index is -2.65. The number of aromatic nitrogens is 1. The first-order valence-corrected chi connectivity index (χ1v) is 29.0. The third kappa shape index (κ3) is 14.7. The van der Waals surface area contributed by atoms with Gasteiger partial charge in [-0.05, 0) is 69.2 Å². The molecule has 0 radical (unpaired) electrons. The maximum absolute atomic E-state index is 13.8. The number of aliphatic hydroxyl groups is 1. The number of benzene rings is 2. The van der Waals surface area contributed by atoms with Crippen molar-refractivity contribution in [3.05, 3.63) is 88.7 Å². The number of hydrogen-bond acceptors (Lipinski definition) is 9. The van der Waals surface area contributed by atoms with E-state index in [1.807, 2.05) is 17.1 Å². The van der Waals surface area contributed by atoms with Gasteiger partial charge in [0.25, 0.3) is 8.32 Å². The summed E-state index contributed by atoms with van der Waals surface area (Å²) in [4.78, 5) is 18.6. The lowest BCUT2D eigenvalue weighted by atomic mass is 9.76. The van der Waals surface area contributed by atoms with Gasteiger partial charge in [0.15, 0.2) is 14.2 Å². The van der Waals surface area contributed by atoms with Crippen LogP contribution >= 0.6 is 22.6 Å². The Morgan fingerprint density at radius 2 is 1.41 bits per heavy atom. The predicted octanol–water partition coefficient (Wildman–Crippen LogP) is 11.4. The van der Waals surface area contributed by atoms with Crippen LogP contribution in [0.1, 0.15) is 125 Å². The molecular weight excluding hydrogens is 938 g/mol. The Labute approximate surface area is 397 Å². The molecule has 7 atom stereocenters. The van der Waals surface area contributed by atoms with Gasteiger partial charge in [-0.2, -0.15) is 0 Å². The van der Waals surface area contributed by atoms with Gasteiger partial charge in [0.1, 0.15) is 23.8 Å². The van der Waals surface area contributed by atoms with Gasteiger partial charge in [0.2, 0.25) is 0 Å². The molecule has 354 valence electrons. The number of oxazole rings is 1. The Bertz CT molecular complexity index is 1770. The van der Waals surface area contributed by atoms with Crippen molar-refractivity contribution in [3.63, 3.8) is 0 Å². The van der Waals surface area contributed by atoms with Crippen molar-refractivity contribution in [1.29, 1.82) is 0 Å². The van der Waals surface area contributed by atoms with Gasteiger partial charge in [0.05, 0.1) is 24.4 Å². The van der Waals surface area contributed by atoms with E-state index in [0.29, 0.717) is 44.6 Å². The van der Waals surface area contributed by atoms with Gasteiger partial charge in [-0.3, -0.25) is 4.79 Å². The van der Waals surface area contributed by atoms with Gasteiger partial charge in [-0.25, -0.2) is 4.98 Å². The Morgan fingerprint density at radius 3 is 1.90 bits per heavy atom. The summed E-state index contributed by atoms with van der Waals surface area (Å²) in [5.41, 5.74) is 0.0445. The van der Waals surface area contributed by atoms with E-state index >= 15 is 0 Å². The molecule has 0 aliphatic heterocycles. The Hall–Kier alpha value is -2.02. The smallest absolute Gasteiger partial charge is 0.261 e. The van der Waals surface area contributed by atoms with Crippen molar-refractivity contribution in [2.45, 2.75) is 168 Å². The largest absolute Gasteiger partial charge is 0.449 e. The predicted molar refractivity (Wildman–Crippen MR) is 271 cm³/mol. The summed E-state index contributed by atoms with van der Waals surface area (Å²) in [7, 11) is 0.133. The van der Waals surface area contributed by atoms with Crippen LogP contribution in [-0.2, 0) is 34.3 Å². The minimum Gasteiger partial charge on any atom is -0.449 e. The molecule has 9 nitrogen and oxygen atoms in total. The van der Waals surface area contributed by atoms with Gasteiger partial charge in [-0.15, -0.1) is 0 Å². The maximum atomic E-state index is 13.8. The van der Waals surface area contributed by atoms with Crippen molar-refractivity contribution in [2.75, 3.05) is 27.9 Å². The lowest BCUT2D eigenvalue weighted by molar-refractivity contribution is -0.127. The second-order valence-corrected chi connectivity index (χ2v) is 30.4. The zero-order valence-electron chi connectivity index (χ0n) is 41.3. The molecule has 0 bridgehead atoms. The van der Waals surface area contributed by atoms with Gasteiger partial charge >= 0.3 is 0 Å². The highest BCUT2D eigenvalue weighted by Crippen LogP contribution is 2.43. The number of rotatable bonds is 27. The summed E-state index contributed by atoms with van der Waals surface area (Å²) in [5, 5.41) is 14.4. The molecule has 0 fully saturated rings. The first kappa shape index (κ1) is 55.3. The number of ketones is 1. The van der Waals surface area contributed by atoms with Crippen molar-refractivity contribution in [3.8, 4) is 0 Å². The molecular formula is C51H82INO8Si2. The fraction of sp³-hybridized carbons (Fsp3) is 0.647. The van der Waals surface area contributed by atoms with Crippen molar-refractivity contribution in [2.24, 2.45) is 17.3 Å². The molecule has 63 heavy (non-hydrogen) atoms.